The fraction of sp³-hybridized carbons (Fsp3) is 0.333. The molecule has 8 heteroatoms. The molecular weight excluding hydrogens is 424 g/mol. The summed E-state index contributed by atoms with van der Waals surface area (Å²) in [6.07, 6.45) is 10.6. The van der Waals surface area contributed by atoms with Crippen LogP contribution < -0.4 is 10.0 Å². The fourth-order valence-electron chi connectivity index (χ4n) is 4.20. The van der Waals surface area contributed by atoms with Crippen molar-refractivity contribution in [2.24, 2.45) is 0 Å². The molecule has 1 fully saturated rings. The summed E-state index contributed by atoms with van der Waals surface area (Å²) in [5, 5.41) is 6.72. The Bertz CT molecular complexity index is 1180. The number of allylic oxidation sites excluding steroid dienone is 4. The molecule has 7 nitrogen and oxygen atoms in total. The number of aromatic nitrogens is 2. The van der Waals surface area contributed by atoms with Gasteiger partial charge in [0.25, 0.3) is 10.0 Å². The van der Waals surface area contributed by atoms with E-state index in [1.165, 1.54) is 16.3 Å². The number of benzene rings is 1. The lowest BCUT2D eigenvalue weighted by Crippen LogP contribution is -2.39. The second kappa shape index (κ2) is 9.56. The van der Waals surface area contributed by atoms with Gasteiger partial charge >= 0.3 is 6.03 Å². The topological polar surface area (TPSA) is 93.1 Å². The number of carbonyl (C=O) groups is 1. The molecule has 1 aromatic heterocycles. The lowest BCUT2D eigenvalue weighted by atomic mass is 10.0. The van der Waals surface area contributed by atoms with Gasteiger partial charge in [0.2, 0.25) is 0 Å². The van der Waals surface area contributed by atoms with Gasteiger partial charge in [0, 0.05) is 11.9 Å². The minimum atomic E-state index is -4.11. The Morgan fingerprint density at radius 3 is 2.69 bits per heavy atom. The molecule has 2 aromatic rings. The number of nitrogens with zero attached hydrogens (tertiary/aromatic N) is 2. The SMILES string of the molecule is C=C1CCCC/C=C2/CCC/C2=C/1NC(=O)NS(=O)(=O)c1ccn(Cc2ccccc2)n1. The minimum Gasteiger partial charge on any atom is -0.307 e. The Hall–Kier alpha value is -3.13. The van der Waals surface area contributed by atoms with Crippen molar-refractivity contribution in [2.45, 2.75) is 56.5 Å². The first-order valence-electron chi connectivity index (χ1n) is 10.9. The van der Waals surface area contributed by atoms with Gasteiger partial charge in [-0.1, -0.05) is 43.0 Å². The predicted molar refractivity (Wildman–Crippen MR) is 123 cm³/mol. The first kappa shape index (κ1) is 22.1. The first-order valence-corrected chi connectivity index (χ1v) is 12.4. The molecule has 0 atom stereocenters. The Morgan fingerprint density at radius 2 is 1.88 bits per heavy atom. The molecule has 1 aromatic carbocycles. The van der Waals surface area contributed by atoms with E-state index >= 15 is 0 Å². The maximum Gasteiger partial charge on any atom is 0.333 e. The first-order chi connectivity index (χ1) is 15.4. The molecule has 0 aliphatic heterocycles. The van der Waals surface area contributed by atoms with Crippen molar-refractivity contribution in [2.75, 3.05) is 0 Å². The number of hydrogen-bond acceptors (Lipinski definition) is 4. The van der Waals surface area contributed by atoms with E-state index in [2.05, 4.69) is 27.8 Å². The van der Waals surface area contributed by atoms with Crippen LogP contribution in [-0.2, 0) is 16.6 Å². The number of amides is 2. The summed E-state index contributed by atoms with van der Waals surface area (Å²) in [7, 11) is -4.11. The summed E-state index contributed by atoms with van der Waals surface area (Å²) < 4.78 is 29.1. The van der Waals surface area contributed by atoms with Crippen LogP contribution in [0.1, 0.15) is 50.5 Å². The Balaban J connectivity index is 1.48. The van der Waals surface area contributed by atoms with Gasteiger partial charge in [-0.2, -0.15) is 13.5 Å². The van der Waals surface area contributed by atoms with Crippen molar-refractivity contribution in [3.05, 3.63) is 83.2 Å². The summed E-state index contributed by atoms with van der Waals surface area (Å²) in [6.45, 7) is 4.60. The molecule has 0 radical (unpaired) electrons. The van der Waals surface area contributed by atoms with Gasteiger partial charge in [-0.15, -0.1) is 0 Å². The molecule has 0 bridgehead atoms. The molecular formula is C24H28N4O3S. The molecule has 1 saturated carbocycles. The van der Waals surface area contributed by atoms with Gasteiger partial charge in [-0.05, 0) is 73.3 Å². The lowest BCUT2D eigenvalue weighted by Gasteiger charge is -2.16. The van der Waals surface area contributed by atoms with Gasteiger partial charge < -0.3 is 5.32 Å². The number of carbonyl (C=O) groups excluding carboxylic acids is 1. The van der Waals surface area contributed by atoms with Gasteiger partial charge in [-0.3, -0.25) is 4.68 Å². The standard InChI is InChI=1S/C24H28N4O3S/c1-18-9-4-2-7-12-20-13-8-14-21(20)23(18)25-24(29)27-32(30,31)22-15-16-28(26-22)17-19-10-5-3-6-11-19/h3,5-6,10-12,15-16H,1-2,4,7-9,13-14,17H2,(H2,25,27,29)/b20-12-,23-21+. The monoisotopic (exact) mass is 452 g/mol. The van der Waals surface area contributed by atoms with Gasteiger partial charge in [0.05, 0.1) is 6.54 Å². The number of urea groups is 1. The van der Waals surface area contributed by atoms with Crippen molar-refractivity contribution in [3.8, 4) is 0 Å². The van der Waals surface area contributed by atoms with E-state index in [4.69, 9.17) is 0 Å². The summed E-state index contributed by atoms with van der Waals surface area (Å²) in [6, 6.07) is 10.2. The molecule has 0 saturated heterocycles. The van der Waals surface area contributed by atoms with Crippen molar-refractivity contribution < 1.29 is 13.2 Å². The zero-order valence-corrected chi connectivity index (χ0v) is 18.8. The number of sulfonamides is 1. The lowest BCUT2D eigenvalue weighted by molar-refractivity contribution is 0.248. The third kappa shape index (κ3) is 5.19. The third-order valence-electron chi connectivity index (χ3n) is 5.78. The Morgan fingerprint density at radius 1 is 1.06 bits per heavy atom. The number of fused-ring (bicyclic) bond motifs is 1. The molecule has 4 rings (SSSR count). The quantitative estimate of drug-likeness (QED) is 0.703. The Kier molecular flexibility index (Phi) is 6.60. The number of rotatable bonds is 5. The van der Waals surface area contributed by atoms with Crippen LogP contribution in [0.3, 0.4) is 0 Å². The van der Waals surface area contributed by atoms with Crippen molar-refractivity contribution in [1.29, 1.82) is 0 Å². The van der Waals surface area contributed by atoms with Crippen LogP contribution in [0.4, 0.5) is 4.79 Å². The second-order valence-corrected chi connectivity index (χ2v) is 9.81. The van der Waals surface area contributed by atoms with Crippen LogP contribution in [0, 0.1) is 0 Å². The fourth-order valence-corrected chi connectivity index (χ4v) is 5.05. The van der Waals surface area contributed by atoms with E-state index in [0.717, 1.165) is 61.7 Å². The van der Waals surface area contributed by atoms with Crippen molar-refractivity contribution in [1.82, 2.24) is 19.8 Å². The molecule has 32 heavy (non-hydrogen) atoms. The highest BCUT2D eigenvalue weighted by Gasteiger charge is 2.25. The largest absolute Gasteiger partial charge is 0.333 e. The average molecular weight is 453 g/mol. The van der Waals surface area contributed by atoms with E-state index in [1.807, 2.05) is 30.3 Å². The molecule has 2 amide bonds. The van der Waals surface area contributed by atoms with Crippen LogP contribution in [-0.4, -0.2) is 24.2 Å². The average Bonchev–Trinajstić information content (AvgIpc) is 3.42. The summed E-state index contributed by atoms with van der Waals surface area (Å²) in [5.41, 5.74) is 4.83. The van der Waals surface area contributed by atoms with Crippen LogP contribution >= 0.6 is 0 Å². The Labute approximate surface area is 189 Å². The second-order valence-electron chi connectivity index (χ2n) is 8.18. The molecule has 1 heterocycles. The van der Waals surface area contributed by atoms with Gasteiger partial charge in [0.15, 0.2) is 5.03 Å². The van der Waals surface area contributed by atoms with E-state index in [0.29, 0.717) is 12.2 Å². The third-order valence-corrected chi connectivity index (χ3v) is 7.01. The minimum absolute atomic E-state index is 0.198. The highest BCUT2D eigenvalue weighted by atomic mass is 32.2. The van der Waals surface area contributed by atoms with E-state index in [9.17, 15) is 13.2 Å². The van der Waals surface area contributed by atoms with Crippen molar-refractivity contribution >= 4 is 16.1 Å². The molecule has 2 aliphatic rings. The van der Waals surface area contributed by atoms with E-state index in [-0.39, 0.29) is 5.03 Å². The van der Waals surface area contributed by atoms with Gasteiger partial charge in [0.1, 0.15) is 0 Å². The van der Waals surface area contributed by atoms with E-state index in [1.54, 1.807) is 6.20 Å². The molecule has 168 valence electrons. The van der Waals surface area contributed by atoms with Gasteiger partial charge in [-0.25, -0.2) is 9.52 Å². The van der Waals surface area contributed by atoms with E-state index < -0.39 is 16.1 Å². The maximum atomic E-state index is 12.7. The van der Waals surface area contributed by atoms with Crippen LogP contribution in [0.5, 0.6) is 0 Å². The number of nitrogens with one attached hydrogen (secondary N) is 2. The predicted octanol–water partition coefficient (Wildman–Crippen LogP) is 4.41. The normalized spacial score (nSPS) is 21.0. The summed E-state index contributed by atoms with van der Waals surface area (Å²) in [4.78, 5) is 12.7. The summed E-state index contributed by atoms with van der Waals surface area (Å²) in [5.74, 6) is 0. The highest BCUT2D eigenvalue weighted by Crippen LogP contribution is 2.36. The zero-order valence-electron chi connectivity index (χ0n) is 18.0. The van der Waals surface area contributed by atoms with Crippen LogP contribution in [0.2, 0.25) is 0 Å². The maximum absolute atomic E-state index is 12.7. The van der Waals surface area contributed by atoms with Crippen LogP contribution in [0.15, 0.2) is 82.7 Å². The smallest absolute Gasteiger partial charge is 0.307 e. The summed E-state index contributed by atoms with van der Waals surface area (Å²) >= 11 is 0. The molecule has 0 spiro atoms. The molecule has 2 aliphatic carbocycles. The molecule has 2 N–H and O–H groups in total. The zero-order chi connectivity index (χ0) is 22.6. The number of hydrogen-bond donors (Lipinski definition) is 2. The highest BCUT2D eigenvalue weighted by molar-refractivity contribution is 7.90. The van der Waals surface area contributed by atoms with Crippen LogP contribution in [0.25, 0.3) is 0 Å². The van der Waals surface area contributed by atoms with Crippen molar-refractivity contribution in [3.63, 3.8) is 0 Å². The molecule has 0 unspecified atom stereocenters.